The first-order valence-electron chi connectivity index (χ1n) is 6.18. The summed E-state index contributed by atoms with van der Waals surface area (Å²) in [6.07, 6.45) is -0.650. The summed E-state index contributed by atoms with van der Waals surface area (Å²) >= 11 is 0. The molecule has 1 atom stereocenters. The van der Waals surface area contributed by atoms with Crippen LogP contribution in [0.5, 0.6) is 5.75 Å². The van der Waals surface area contributed by atoms with E-state index in [1.54, 1.807) is 0 Å². The molecule has 0 saturated heterocycles. The fraction of sp³-hybridized carbons (Fsp3) is 0.357. The summed E-state index contributed by atoms with van der Waals surface area (Å²) in [4.78, 5) is 15.1. The van der Waals surface area contributed by atoms with Crippen LogP contribution in [-0.4, -0.2) is 12.1 Å². The number of nitrogens with two attached hydrogens (primary N) is 1. The molecule has 0 heterocycles. The van der Waals surface area contributed by atoms with Crippen LogP contribution in [0.15, 0.2) is 18.7 Å². The lowest BCUT2D eigenvalue weighted by atomic mass is 10.0. The average Bonchev–Trinajstić information content (AvgIpc) is 2.46. The monoisotopic (exact) mass is 303 g/mol. The SMILES string of the molecule is C=Cc1cc(C(F)(F)CC)c(O[C@@H](C)C(=O)ON)cc1F. The Labute approximate surface area is 120 Å². The van der Waals surface area contributed by atoms with Gasteiger partial charge in [-0.1, -0.05) is 19.6 Å². The zero-order valence-electron chi connectivity index (χ0n) is 11.7. The molecule has 21 heavy (non-hydrogen) atoms. The molecular formula is C14H16F3NO3. The third-order valence-corrected chi connectivity index (χ3v) is 2.91. The molecule has 0 aliphatic carbocycles. The summed E-state index contributed by atoms with van der Waals surface area (Å²) in [6, 6.07) is 1.73. The van der Waals surface area contributed by atoms with Gasteiger partial charge in [0, 0.05) is 18.1 Å². The molecule has 1 aromatic rings. The standard InChI is InChI=1S/C14H16F3NO3/c1-4-9-6-10(14(16,17)5-2)12(7-11(9)15)20-8(3)13(19)21-18/h4,6-8H,1,5,18H2,2-3H3/t8-/m0/s1. The van der Waals surface area contributed by atoms with Gasteiger partial charge in [-0.3, -0.25) is 0 Å². The molecule has 2 N–H and O–H groups in total. The fourth-order valence-electron chi connectivity index (χ4n) is 1.64. The highest BCUT2D eigenvalue weighted by Gasteiger charge is 2.34. The Kier molecular flexibility index (Phi) is 5.37. The van der Waals surface area contributed by atoms with E-state index in [0.29, 0.717) is 0 Å². The van der Waals surface area contributed by atoms with Gasteiger partial charge in [-0.2, -0.15) is 5.90 Å². The molecule has 0 saturated carbocycles. The quantitative estimate of drug-likeness (QED) is 0.820. The smallest absolute Gasteiger partial charge is 0.365 e. The van der Waals surface area contributed by atoms with Gasteiger partial charge in [0.25, 0.3) is 5.92 Å². The molecule has 0 aliphatic heterocycles. The van der Waals surface area contributed by atoms with Crippen molar-refractivity contribution in [2.75, 3.05) is 0 Å². The highest BCUT2D eigenvalue weighted by atomic mass is 19.3. The molecular weight excluding hydrogens is 287 g/mol. The molecule has 4 nitrogen and oxygen atoms in total. The van der Waals surface area contributed by atoms with Crippen molar-refractivity contribution in [2.45, 2.75) is 32.3 Å². The van der Waals surface area contributed by atoms with Crippen LogP contribution in [0.25, 0.3) is 6.08 Å². The molecule has 0 aromatic heterocycles. The zero-order valence-corrected chi connectivity index (χ0v) is 11.7. The number of benzene rings is 1. The maximum Gasteiger partial charge on any atom is 0.365 e. The number of hydrogen-bond acceptors (Lipinski definition) is 4. The van der Waals surface area contributed by atoms with Crippen molar-refractivity contribution in [3.05, 3.63) is 35.7 Å². The molecule has 0 fully saturated rings. The Balaban J connectivity index is 3.32. The Morgan fingerprint density at radius 1 is 1.52 bits per heavy atom. The van der Waals surface area contributed by atoms with Crippen LogP contribution < -0.4 is 10.6 Å². The lowest BCUT2D eigenvalue weighted by molar-refractivity contribution is -0.151. The van der Waals surface area contributed by atoms with E-state index in [1.165, 1.54) is 13.8 Å². The van der Waals surface area contributed by atoms with E-state index in [2.05, 4.69) is 17.3 Å². The van der Waals surface area contributed by atoms with Crippen molar-refractivity contribution >= 4 is 12.0 Å². The molecule has 0 bridgehead atoms. The zero-order chi connectivity index (χ0) is 16.2. The van der Waals surface area contributed by atoms with Gasteiger partial charge >= 0.3 is 5.97 Å². The topological polar surface area (TPSA) is 61.5 Å². The van der Waals surface area contributed by atoms with E-state index < -0.39 is 41.5 Å². The number of rotatable bonds is 6. The van der Waals surface area contributed by atoms with Gasteiger partial charge in [0.2, 0.25) is 0 Å². The van der Waals surface area contributed by atoms with Crippen LogP contribution >= 0.6 is 0 Å². The number of carbonyl (C=O) groups excluding carboxylic acids is 1. The number of ether oxygens (including phenoxy) is 1. The van der Waals surface area contributed by atoms with Crippen molar-refractivity contribution < 1.29 is 27.5 Å². The van der Waals surface area contributed by atoms with Crippen LogP contribution in [0, 0.1) is 5.82 Å². The van der Waals surface area contributed by atoms with E-state index in [9.17, 15) is 18.0 Å². The molecule has 0 spiro atoms. The summed E-state index contributed by atoms with van der Waals surface area (Å²) < 4.78 is 46.7. The van der Waals surface area contributed by atoms with Crippen molar-refractivity contribution in [1.82, 2.24) is 0 Å². The second-order valence-electron chi connectivity index (χ2n) is 4.33. The normalized spacial score (nSPS) is 12.7. The maximum atomic E-state index is 13.9. The molecule has 0 amide bonds. The molecule has 1 aromatic carbocycles. The molecule has 0 unspecified atom stereocenters. The minimum atomic E-state index is -3.24. The summed E-state index contributed by atoms with van der Waals surface area (Å²) in [5, 5.41) is 0. The predicted octanol–water partition coefficient (Wildman–Crippen LogP) is 3.15. The third-order valence-electron chi connectivity index (χ3n) is 2.91. The first-order valence-corrected chi connectivity index (χ1v) is 6.18. The highest BCUT2D eigenvalue weighted by molar-refractivity contribution is 5.74. The van der Waals surface area contributed by atoms with E-state index in [4.69, 9.17) is 4.74 Å². The second kappa shape index (κ2) is 6.62. The van der Waals surface area contributed by atoms with Crippen molar-refractivity contribution in [3.8, 4) is 5.75 Å². The van der Waals surface area contributed by atoms with Crippen molar-refractivity contribution in [2.24, 2.45) is 5.90 Å². The fourth-order valence-corrected chi connectivity index (χ4v) is 1.64. The summed E-state index contributed by atoms with van der Waals surface area (Å²) in [5.41, 5.74) is -0.613. The van der Waals surface area contributed by atoms with Crippen molar-refractivity contribution in [3.63, 3.8) is 0 Å². The van der Waals surface area contributed by atoms with Gasteiger partial charge in [-0.05, 0) is 13.0 Å². The van der Waals surface area contributed by atoms with Crippen LogP contribution in [-0.2, 0) is 15.6 Å². The maximum absolute atomic E-state index is 13.9. The Hall–Kier alpha value is -2.02. The van der Waals surface area contributed by atoms with E-state index in [-0.39, 0.29) is 5.56 Å². The summed E-state index contributed by atoms with van der Waals surface area (Å²) in [5.74, 6) is -0.749. The first kappa shape index (κ1) is 17.0. The largest absolute Gasteiger partial charge is 0.478 e. The molecule has 7 heteroatoms. The summed E-state index contributed by atoms with van der Waals surface area (Å²) in [7, 11) is 0. The molecule has 1 rings (SSSR count). The van der Waals surface area contributed by atoms with Crippen molar-refractivity contribution in [1.29, 1.82) is 0 Å². The Bertz CT molecular complexity index is 547. The number of halogens is 3. The predicted molar refractivity (Wildman–Crippen MR) is 71.0 cm³/mol. The Morgan fingerprint density at radius 3 is 2.62 bits per heavy atom. The molecule has 0 radical (unpaired) electrons. The lowest BCUT2D eigenvalue weighted by Gasteiger charge is -2.21. The number of hydrogen-bond donors (Lipinski definition) is 1. The number of carbonyl (C=O) groups is 1. The third kappa shape index (κ3) is 3.75. The molecule has 116 valence electrons. The highest BCUT2D eigenvalue weighted by Crippen LogP contribution is 2.39. The van der Waals surface area contributed by atoms with Crippen LogP contribution in [0.4, 0.5) is 13.2 Å². The first-order chi connectivity index (χ1) is 9.76. The van der Waals surface area contributed by atoms with Gasteiger partial charge < -0.3 is 9.57 Å². The van der Waals surface area contributed by atoms with E-state index in [1.807, 2.05) is 0 Å². The second-order valence-corrected chi connectivity index (χ2v) is 4.33. The lowest BCUT2D eigenvalue weighted by Crippen LogP contribution is -2.29. The summed E-state index contributed by atoms with van der Waals surface area (Å²) in [6.45, 7) is 5.88. The van der Waals surface area contributed by atoms with Gasteiger partial charge in [-0.15, -0.1) is 0 Å². The van der Waals surface area contributed by atoms with Gasteiger partial charge in [0.05, 0.1) is 5.56 Å². The average molecular weight is 303 g/mol. The number of alkyl halides is 2. The van der Waals surface area contributed by atoms with Crippen LogP contribution in [0.2, 0.25) is 0 Å². The Morgan fingerprint density at radius 2 is 2.14 bits per heavy atom. The van der Waals surface area contributed by atoms with E-state index in [0.717, 1.165) is 18.2 Å². The van der Waals surface area contributed by atoms with Gasteiger partial charge in [0.15, 0.2) is 6.10 Å². The van der Waals surface area contributed by atoms with E-state index >= 15 is 0 Å². The van der Waals surface area contributed by atoms with Gasteiger partial charge in [0.1, 0.15) is 11.6 Å². The minimum absolute atomic E-state index is 0.0838. The van der Waals surface area contributed by atoms with Crippen LogP contribution in [0.3, 0.4) is 0 Å². The van der Waals surface area contributed by atoms with Crippen LogP contribution in [0.1, 0.15) is 31.4 Å². The minimum Gasteiger partial charge on any atom is -0.478 e. The molecule has 0 aliphatic rings. The van der Waals surface area contributed by atoms with Gasteiger partial charge in [-0.25, -0.2) is 18.0 Å².